The van der Waals surface area contributed by atoms with Crippen LogP contribution in [0.15, 0.2) is 0 Å². The summed E-state index contributed by atoms with van der Waals surface area (Å²) in [6.45, 7) is 13.7. The van der Waals surface area contributed by atoms with E-state index in [2.05, 4.69) is 45.3 Å². The predicted molar refractivity (Wildman–Crippen MR) is 64.6 cm³/mol. The van der Waals surface area contributed by atoms with Crippen LogP contribution in [0.1, 0.15) is 41.0 Å². The molecule has 0 saturated carbocycles. The zero-order valence-corrected chi connectivity index (χ0v) is 10.8. The molecule has 14 heavy (non-hydrogen) atoms. The molecule has 2 heteroatoms. The second-order valence-corrected chi connectivity index (χ2v) is 5.31. The Morgan fingerprint density at radius 2 is 1.71 bits per heavy atom. The van der Waals surface area contributed by atoms with Gasteiger partial charge in [-0.2, -0.15) is 0 Å². The Bertz CT molecular complexity index is 141. The maximum Gasteiger partial charge on any atom is 0.0164 e. The minimum absolute atomic E-state index is 0.451. The molecule has 0 saturated heterocycles. The highest BCUT2D eigenvalue weighted by molar-refractivity contribution is 4.74. The van der Waals surface area contributed by atoms with Gasteiger partial charge in [0, 0.05) is 12.6 Å². The second-order valence-electron chi connectivity index (χ2n) is 5.31. The molecule has 0 aromatic heterocycles. The number of rotatable bonds is 7. The molecule has 0 aliphatic rings. The molecule has 2 nitrogen and oxygen atoms in total. The Morgan fingerprint density at radius 3 is 2.14 bits per heavy atom. The van der Waals surface area contributed by atoms with E-state index in [4.69, 9.17) is 0 Å². The Hall–Kier alpha value is -0.0800. The van der Waals surface area contributed by atoms with Gasteiger partial charge in [-0.15, -0.1) is 0 Å². The van der Waals surface area contributed by atoms with E-state index in [0.717, 1.165) is 19.0 Å². The molecule has 0 bridgehead atoms. The first kappa shape index (κ1) is 13.9. The minimum Gasteiger partial charge on any atom is -0.318 e. The van der Waals surface area contributed by atoms with Crippen molar-refractivity contribution < 1.29 is 0 Å². The summed E-state index contributed by atoms with van der Waals surface area (Å²) in [5.41, 5.74) is 0.451. The summed E-state index contributed by atoms with van der Waals surface area (Å²) in [7, 11) is 2.00. The summed E-state index contributed by atoms with van der Waals surface area (Å²) in [4.78, 5) is 0. The molecule has 0 rings (SSSR count). The molecular formula is C12H28N2. The lowest BCUT2D eigenvalue weighted by molar-refractivity contribution is 0.224. The van der Waals surface area contributed by atoms with Crippen LogP contribution < -0.4 is 10.6 Å². The number of likely N-dealkylation sites (N-methyl/N-ethyl adjacent to an activating group) is 1. The van der Waals surface area contributed by atoms with Gasteiger partial charge in [0.1, 0.15) is 0 Å². The van der Waals surface area contributed by atoms with Crippen LogP contribution in [0.3, 0.4) is 0 Å². The van der Waals surface area contributed by atoms with Crippen LogP contribution in [0.5, 0.6) is 0 Å². The summed E-state index contributed by atoms with van der Waals surface area (Å²) in [6.07, 6.45) is 1.25. The van der Waals surface area contributed by atoms with Crippen LogP contribution >= 0.6 is 0 Å². The van der Waals surface area contributed by atoms with Crippen molar-refractivity contribution in [3.8, 4) is 0 Å². The predicted octanol–water partition coefficient (Wildman–Crippen LogP) is 2.26. The fraction of sp³-hybridized carbons (Fsp3) is 1.00. The van der Waals surface area contributed by atoms with Crippen molar-refractivity contribution in [1.29, 1.82) is 0 Å². The highest BCUT2D eigenvalue weighted by atomic mass is 15.0. The van der Waals surface area contributed by atoms with Crippen LogP contribution in [-0.4, -0.2) is 26.2 Å². The zero-order chi connectivity index (χ0) is 11.2. The SMILES string of the molecule is CNC[C@@H](C)NCCC(C)(C)C(C)C. The Balaban J connectivity index is 3.62. The summed E-state index contributed by atoms with van der Waals surface area (Å²) in [5, 5.41) is 6.71. The van der Waals surface area contributed by atoms with Gasteiger partial charge in [0.2, 0.25) is 0 Å². The molecule has 86 valence electrons. The molecule has 0 fully saturated rings. The van der Waals surface area contributed by atoms with Crippen LogP contribution in [0.2, 0.25) is 0 Å². The molecule has 0 aromatic carbocycles. The maximum absolute atomic E-state index is 3.53. The highest BCUT2D eigenvalue weighted by Crippen LogP contribution is 2.29. The second kappa shape index (κ2) is 6.41. The molecule has 0 aliphatic carbocycles. The first-order valence-corrected chi connectivity index (χ1v) is 5.78. The van der Waals surface area contributed by atoms with E-state index in [1.165, 1.54) is 6.42 Å². The van der Waals surface area contributed by atoms with Crippen molar-refractivity contribution in [2.24, 2.45) is 11.3 Å². The maximum atomic E-state index is 3.53. The van der Waals surface area contributed by atoms with Gasteiger partial charge in [0.05, 0.1) is 0 Å². The first-order chi connectivity index (χ1) is 6.40. The normalized spacial score (nSPS) is 14.8. The van der Waals surface area contributed by atoms with E-state index in [9.17, 15) is 0 Å². The number of nitrogens with one attached hydrogen (secondary N) is 2. The van der Waals surface area contributed by atoms with Gasteiger partial charge in [0.15, 0.2) is 0 Å². The van der Waals surface area contributed by atoms with Gasteiger partial charge in [0.25, 0.3) is 0 Å². The van der Waals surface area contributed by atoms with E-state index in [1.54, 1.807) is 0 Å². The molecule has 0 amide bonds. The Kier molecular flexibility index (Phi) is 6.38. The van der Waals surface area contributed by atoms with Crippen LogP contribution in [0.4, 0.5) is 0 Å². The third-order valence-electron chi connectivity index (χ3n) is 3.34. The topological polar surface area (TPSA) is 24.1 Å². The van der Waals surface area contributed by atoms with Crippen molar-refractivity contribution in [1.82, 2.24) is 10.6 Å². The summed E-state index contributed by atoms with van der Waals surface area (Å²) in [6, 6.07) is 0.572. The molecule has 2 N–H and O–H groups in total. The summed E-state index contributed by atoms with van der Waals surface area (Å²) >= 11 is 0. The van der Waals surface area contributed by atoms with E-state index >= 15 is 0 Å². The van der Waals surface area contributed by atoms with Crippen molar-refractivity contribution >= 4 is 0 Å². The summed E-state index contributed by atoms with van der Waals surface area (Å²) in [5.74, 6) is 0.754. The Labute approximate surface area is 89.9 Å². The van der Waals surface area contributed by atoms with Gasteiger partial charge < -0.3 is 10.6 Å². The monoisotopic (exact) mass is 200 g/mol. The van der Waals surface area contributed by atoms with Gasteiger partial charge in [-0.3, -0.25) is 0 Å². The van der Waals surface area contributed by atoms with Gasteiger partial charge in [-0.25, -0.2) is 0 Å². The smallest absolute Gasteiger partial charge is 0.0164 e. The lowest BCUT2D eigenvalue weighted by Gasteiger charge is -2.30. The van der Waals surface area contributed by atoms with Crippen molar-refractivity contribution in [2.45, 2.75) is 47.1 Å². The van der Waals surface area contributed by atoms with Gasteiger partial charge >= 0.3 is 0 Å². The molecule has 0 heterocycles. The van der Waals surface area contributed by atoms with Crippen LogP contribution in [-0.2, 0) is 0 Å². The van der Waals surface area contributed by atoms with Crippen LogP contribution in [0, 0.1) is 11.3 Å². The number of hydrogen-bond donors (Lipinski definition) is 2. The molecule has 0 unspecified atom stereocenters. The Morgan fingerprint density at radius 1 is 1.14 bits per heavy atom. The van der Waals surface area contributed by atoms with E-state index < -0.39 is 0 Å². The molecular weight excluding hydrogens is 172 g/mol. The fourth-order valence-electron chi connectivity index (χ4n) is 1.31. The number of hydrogen-bond acceptors (Lipinski definition) is 2. The van der Waals surface area contributed by atoms with Crippen LogP contribution in [0.25, 0.3) is 0 Å². The quantitative estimate of drug-likeness (QED) is 0.659. The van der Waals surface area contributed by atoms with Crippen molar-refractivity contribution in [3.05, 3.63) is 0 Å². The van der Waals surface area contributed by atoms with E-state index in [0.29, 0.717) is 11.5 Å². The standard InChI is InChI=1S/C12H28N2/c1-10(2)12(4,5)7-8-14-11(3)9-13-6/h10-11,13-14H,7-9H2,1-6H3/t11-/m1/s1. The molecule has 1 atom stereocenters. The lowest BCUT2D eigenvalue weighted by Crippen LogP contribution is -2.37. The average Bonchev–Trinajstić information content (AvgIpc) is 2.04. The molecule has 0 aromatic rings. The highest BCUT2D eigenvalue weighted by Gasteiger charge is 2.21. The lowest BCUT2D eigenvalue weighted by atomic mass is 9.78. The fourth-order valence-corrected chi connectivity index (χ4v) is 1.31. The summed E-state index contributed by atoms with van der Waals surface area (Å²) < 4.78 is 0. The molecule has 0 aliphatic heterocycles. The third kappa shape index (κ3) is 5.61. The van der Waals surface area contributed by atoms with Crippen molar-refractivity contribution in [2.75, 3.05) is 20.1 Å². The zero-order valence-electron chi connectivity index (χ0n) is 10.8. The largest absolute Gasteiger partial charge is 0.318 e. The van der Waals surface area contributed by atoms with Gasteiger partial charge in [-0.05, 0) is 38.3 Å². The van der Waals surface area contributed by atoms with E-state index in [1.807, 2.05) is 7.05 Å². The van der Waals surface area contributed by atoms with E-state index in [-0.39, 0.29) is 0 Å². The molecule has 0 radical (unpaired) electrons. The third-order valence-corrected chi connectivity index (χ3v) is 3.34. The van der Waals surface area contributed by atoms with Gasteiger partial charge in [-0.1, -0.05) is 27.7 Å². The first-order valence-electron chi connectivity index (χ1n) is 5.78. The molecule has 0 spiro atoms. The average molecular weight is 200 g/mol. The minimum atomic E-state index is 0.451. The van der Waals surface area contributed by atoms with Crippen molar-refractivity contribution in [3.63, 3.8) is 0 Å².